The smallest absolute Gasteiger partial charge is 0.270 e. The zero-order valence-corrected chi connectivity index (χ0v) is 13.6. The molecule has 2 aliphatic heterocycles. The van der Waals surface area contributed by atoms with Crippen LogP contribution in [-0.2, 0) is 15.4 Å². The van der Waals surface area contributed by atoms with Crippen molar-refractivity contribution in [2.45, 2.75) is 30.6 Å². The Morgan fingerprint density at radius 2 is 2.09 bits per heavy atom. The van der Waals surface area contributed by atoms with Crippen LogP contribution in [0.5, 0.6) is 5.75 Å². The summed E-state index contributed by atoms with van der Waals surface area (Å²) >= 11 is 0. The lowest BCUT2D eigenvalue weighted by atomic mass is 9.84. The number of non-ortho nitro benzene ring substituents is 1. The number of rotatable bonds is 1. The van der Waals surface area contributed by atoms with Gasteiger partial charge in [-0.2, -0.15) is 0 Å². The molecule has 23 heavy (non-hydrogen) atoms. The van der Waals surface area contributed by atoms with Crippen LogP contribution >= 0.6 is 0 Å². The number of sulfone groups is 1. The second-order valence-corrected chi connectivity index (χ2v) is 8.93. The lowest BCUT2D eigenvalue weighted by Gasteiger charge is -2.47. The Labute approximate surface area is 133 Å². The van der Waals surface area contributed by atoms with Gasteiger partial charge < -0.3 is 10.1 Å². The topological polar surface area (TPSA) is 122 Å². The van der Waals surface area contributed by atoms with Crippen molar-refractivity contribution in [1.82, 2.24) is 5.32 Å². The van der Waals surface area contributed by atoms with Crippen molar-refractivity contribution in [3.8, 4) is 5.75 Å². The number of fused-ring (bicyclic) bond motifs is 2. The van der Waals surface area contributed by atoms with E-state index in [-0.39, 0.29) is 23.9 Å². The molecule has 124 valence electrons. The number of hydrogen-bond donors (Lipinski definition) is 2. The van der Waals surface area contributed by atoms with Gasteiger partial charge in [0.25, 0.3) is 5.69 Å². The molecular formula is C14H17N3O5S. The van der Waals surface area contributed by atoms with Gasteiger partial charge in [-0.05, 0) is 19.9 Å². The van der Waals surface area contributed by atoms with Gasteiger partial charge in [0.15, 0.2) is 9.84 Å². The second-order valence-electron chi connectivity index (χ2n) is 6.39. The number of hydrogen-bond acceptors (Lipinski definition) is 6. The summed E-state index contributed by atoms with van der Waals surface area (Å²) in [6.45, 7) is 3.25. The molecular weight excluding hydrogens is 322 g/mol. The second kappa shape index (κ2) is 4.67. The molecule has 3 rings (SSSR count). The largest absolute Gasteiger partial charge is 0.493 e. The molecule has 8 nitrogen and oxygen atoms in total. The SMILES string of the molecule is CC1(C)C(=N)N[C@@]2(CCOc3ccc([N+](=O)[O-])cc32)CS1(=O)=O. The zero-order valence-electron chi connectivity index (χ0n) is 12.8. The zero-order chi connectivity index (χ0) is 17.0. The first-order valence-corrected chi connectivity index (χ1v) is 8.76. The van der Waals surface area contributed by atoms with Crippen molar-refractivity contribution in [3.05, 3.63) is 33.9 Å². The van der Waals surface area contributed by atoms with Crippen LogP contribution in [0.4, 0.5) is 5.69 Å². The fraction of sp³-hybridized carbons (Fsp3) is 0.500. The number of nitrogens with one attached hydrogen (secondary N) is 2. The van der Waals surface area contributed by atoms with Gasteiger partial charge in [-0.3, -0.25) is 15.5 Å². The van der Waals surface area contributed by atoms with Gasteiger partial charge >= 0.3 is 0 Å². The third-order valence-electron chi connectivity index (χ3n) is 4.66. The average molecular weight is 339 g/mol. The van der Waals surface area contributed by atoms with E-state index in [0.717, 1.165) is 0 Å². The van der Waals surface area contributed by atoms with Crippen LogP contribution in [0, 0.1) is 15.5 Å². The summed E-state index contributed by atoms with van der Waals surface area (Å²) in [7, 11) is -3.61. The summed E-state index contributed by atoms with van der Waals surface area (Å²) in [6.07, 6.45) is 0.318. The van der Waals surface area contributed by atoms with Crippen molar-refractivity contribution in [1.29, 1.82) is 5.41 Å². The quantitative estimate of drug-likeness (QED) is 0.588. The van der Waals surface area contributed by atoms with Crippen LogP contribution in [0.25, 0.3) is 0 Å². The summed E-state index contributed by atoms with van der Waals surface area (Å²) in [4.78, 5) is 10.5. The van der Waals surface area contributed by atoms with E-state index in [9.17, 15) is 18.5 Å². The van der Waals surface area contributed by atoms with Crippen LogP contribution in [0.1, 0.15) is 25.8 Å². The van der Waals surface area contributed by atoms with Crippen LogP contribution in [0.3, 0.4) is 0 Å². The van der Waals surface area contributed by atoms with Crippen LogP contribution in [0.2, 0.25) is 0 Å². The van der Waals surface area contributed by atoms with E-state index in [1.54, 1.807) is 0 Å². The lowest BCUT2D eigenvalue weighted by molar-refractivity contribution is -0.385. The first kappa shape index (κ1) is 15.7. The number of nitro groups is 1. The number of ether oxygens (including phenoxy) is 1. The van der Waals surface area contributed by atoms with Crippen molar-refractivity contribution < 1.29 is 18.1 Å². The minimum absolute atomic E-state index is 0.108. The maximum Gasteiger partial charge on any atom is 0.270 e. The highest BCUT2D eigenvalue weighted by molar-refractivity contribution is 7.93. The molecule has 2 aliphatic rings. The molecule has 0 bridgehead atoms. The molecule has 2 N–H and O–H groups in total. The highest BCUT2D eigenvalue weighted by Crippen LogP contribution is 2.43. The fourth-order valence-corrected chi connectivity index (χ4v) is 4.71. The summed E-state index contributed by atoms with van der Waals surface area (Å²) in [5.74, 6) is 0.0764. The van der Waals surface area contributed by atoms with E-state index in [2.05, 4.69) is 5.32 Å². The van der Waals surface area contributed by atoms with Gasteiger partial charge in [-0.1, -0.05) is 0 Å². The van der Waals surface area contributed by atoms with E-state index in [1.807, 2.05) is 0 Å². The highest BCUT2D eigenvalue weighted by atomic mass is 32.2. The Bertz CT molecular complexity index is 818. The van der Waals surface area contributed by atoms with Gasteiger partial charge in [0.2, 0.25) is 0 Å². The van der Waals surface area contributed by atoms with Gasteiger partial charge in [0, 0.05) is 24.1 Å². The number of benzene rings is 1. The molecule has 0 saturated carbocycles. The van der Waals surface area contributed by atoms with Crippen molar-refractivity contribution >= 4 is 21.4 Å². The molecule has 1 aromatic carbocycles. The highest BCUT2D eigenvalue weighted by Gasteiger charge is 2.54. The molecule has 0 aromatic heterocycles. The van der Waals surface area contributed by atoms with Crippen molar-refractivity contribution in [3.63, 3.8) is 0 Å². The fourth-order valence-electron chi connectivity index (χ4n) is 2.97. The standard InChI is InChI=1S/C14H17N3O5S/c1-13(2)12(15)16-14(8-23(13,20)21)5-6-22-11-4-3-9(17(18)19)7-10(11)14/h3-4,7H,5-6,8H2,1-2H3,(H2,15,16)/t14-/m0/s1. The third-order valence-corrected chi connectivity index (χ3v) is 7.29. The Balaban J connectivity index is 2.18. The molecule has 2 heterocycles. The van der Waals surface area contributed by atoms with Crippen LogP contribution in [0.15, 0.2) is 18.2 Å². The Kier molecular flexibility index (Phi) is 3.19. The average Bonchev–Trinajstić information content (AvgIpc) is 2.45. The van der Waals surface area contributed by atoms with E-state index >= 15 is 0 Å². The van der Waals surface area contributed by atoms with E-state index < -0.39 is 25.0 Å². The summed E-state index contributed by atoms with van der Waals surface area (Å²) in [5, 5.41) is 22.2. The predicted molar refractivity (Wildman–Crippen MR) is 83.6 cm³/mol. The summed E-state index contributed by atoms with van der Waals surface area (Å²) in [6, 6.07) is 4.14. The lowest BCUT2D eigenvalue weighted by Crippen LogP contribution is -2.65. The normalized spacial score (nSPS) is 27.7. The number of nitrogens with zero attached hydrogens (tertiary/aromatic N) is 1. The minimum atomic E-state index is -3.61. The number of nitro benzene ring substituents is 1. The van der Waals surface area contributed by atoms with E-state index in [0.29, 0.717) is 17.7 Å². The van der Waals surface area contributed by atoms with Crippen molar-refractivity contribution in [2.75, 3.05) is 12.4 Å². The minimum Gasteiger partial charge on any atom is -0.493 e. The molecule has 1 saturated heterocycles. The molecule has 1 fully saturated rings. The van der Waals surface area contributed by atoms with E-state index in [1.165, 1.54) is 32.0 Å². The van der Waals surface area contributed by atoms with Gasteiger partial charge in [-0.25, -0.2) is 8.42 Å². The molecule has 1 spiro atoms. The predicted octanol–water partition coefficient (Wildman–Crippen LogP) is 1.35. The van der Waals surface area contributed by atoms with Crippen molar-refractivity contribution in [2.24, 2.45) is 0 Å². The van der Waals surface area contributed by atoms with Crippen LogP contribution < -0.4 is 10.1 Å². The number of amidine groups is 1. The first-order valence-electron chi connectivity index (χ1n) is 7.10. The summed E-state index contributed by atoms with van der Waals surface area (Å²) in [5.41, 5.74) is -0.781. The third kappa shape index (κ3) is 2.18. The Morgan fingerprint density at radius 1 is 1.39 bits per heavy atom. The summed E-state index contributed by atoms with van der Waals surface area (Å²) < 4.78 is 29.5. The molecule has 0 amide bonds. The van der Waals surface area contributed by atoms with Gasteiger partial charge in [0.05, 0.1) is 22.8 Å². The van der Waals surface area contributed by atoms with Gasteiger partial charge in [0.1, 0.15) is 16.3 Å². The Hall–Kier alpha value is -2.16. The molecule has 1 atom stereocenters. The molecule has 1 aromatic rings. The maximum absolute atomic E-state index is 12.7. The molecule has 0 aliphatic carbocycles. The molecule has 0 radical (unpaired) electrons. The maximum atomic E-state index is 12.7. The van der Waals surface area contributed by atoms with Gasteiger partial charge in [-0.15, -0.1) is 0 Å². The monoisotopic (exact) mass is 339 g/mol. The first-order chi connectivity index (χ1) is 10.6. The van der Waals surface area contributed by atoms with E-state index in [4.69, 9.17) is 10.1 Å². The van der Waals surface area contributed by atoms with Crippen LogP contribution in [-0.4, -0.2) is 36.3 Å². The molecule has 0 unspecified atom stereocenters. The molecule has 9 heteroatoms. The Morgan fingerprint density at radius 3 is 2.70 bits per heavy atom.